The molecule has 4 nitrogen and oxygen atoms in total. The molecule has 0 atom stereocenters. The van der Waals surface area contributed by atoms with Crippen molar-refractivity contribution in [3.05, 3.63) is 59.7 Å². The van der Waals surface area contributed by atoms with Crippen molar-refractivity contribution in [1.82, 2.24) is 0 Å². The lowest BCUT2D eigenvalue weighted by Gasteiger charge is -2.29. The van der Waals surface area contributed by atoms with Crippen LogP contribution in [-0.4, -0.2) is 25.8 Å². The number of carbonyl (C=O) groups is 1. The van der Waals surface area contributed by atoms with Crippen LogP contribution in [0.15, 0.2) is 48.5 Å². The van der Waals surface area contributed by atoms with E-state index in [-0.39, 0.29) is 5.97 Å². The van der Waals surface area contributed by atoms with Crippen molar-refractivity contribution >= 4 is 5.97 Å². The van der Waals surface area contributed by atoms with Gasteiger partial charge in [-0.2, -0.15) is 0 Å². The van der Waals surface area contributed by atoms with Gasteiger partial charge in [-0.15, -0.1) is 0 Å². The summed E-state index contributed by atoms with van der Waals surface area (Å²) in [6.45, 7) is 6.62. The lowest BCUT2D eigenvalue weighted by molar-refractivity contribution is 0.0734. The molecule has 0 heterocycles. The van der Waals surface area contributed by atoms with Gasteiger partial charge in [0.05, 0.1) is 12.2 Å². The first kappa shape index (κ1) is 28.2. The Balaban J connectivity index is 1.36. The van der Waals surface area contributed by atoms with Crippen LogP contribution in [0.1, 0.15) is 113 Å². The van der Waals surface area contributed by atoms with Crippen molar-refractivity contribution in [2.45, 2.75) is 96.8 Å². The maximum atomic E-state index is 12.6. The first-order chi connectivity index (χ1) is 17.7. The first-order valence-electron chi connectivity index (χ1n) is 14.3. The molecular formula is C32H46O4. The van der Waals surface area contributed by atoms with Crippen LogP contribution in [0, 0.1) is 5.92 Å². The van der Waals surface area contributed by atoms with E-state index in [1.165, 1.54) is 56.9 Å². The molecule has 4 heteroatoms. The van der Waals surface area contributed by atoms with Crippen molar-refractivity contribution in [2.24, 2.45) is 5.92 Å². The van der Waals surface area contributed by atoms with Gasteiger partial charge in [-0.3, -0.25) is 0 Å². The molecule has 0 aromatic heterocycles. The van der Waals surface area contributed by atoms with Gasteiger partial charge in [0.25, 0.3) is 0 Å². The van der Waals surface area contributed by atoms with E-state index in [0.29, 0.717) is 23.8 Å². The lowest BCUT2D eigenvalue weighted by atomic mass is 9.77. The Kier molecular flexibility index (Phi) is 12.9. The lowest BCUT2D eigenvalue weighted by Crippen LogP contribution is -2.13. The predicted molar refractivity (Wildman–Crippen MR) is 147 cm³/mol. The highest BCUT2D eigenvalue weighted by Gasteiger charge is 2.22. The highest BCUT2D eigenvalue weighted by molar-refractivity contribution is 5.91. The van der Waals surface area contributed by atoms with Gasteiger partial charge in [0.2, 0.25) is 0 Å². The molecule has 36 heavy (non-hydrogen) atoms. The van der Waals surface area contributed by atoms with Crippen molar-refractivity contribution < 1.29 is 19.0 Å². The van der Waals surface area contributed by atoms with Gasteiger partial charge in [0, 0.05) is 13.2 Å². The second-order valence-electron chi connectivity index (χ2n) is 10.2. The molecule has 198 valence electrons. The summed E-state index contributed by atoms with van der Waals surface area (Å²) < 4.78 is 16.8. The molecule has 1 aliphatic carbocycles. The topological polar surface area (TPSA) is 44.8 Å². The molecule has 0 unspecified atom stereocenters. The smallest absolute Gasteiger partial charge is 0.343 e. The number of benzene rings is 2. The molecule has 0 N–H and O–H groups in total. The minimum absolute atomic E-state index is 0.337. The fraction of sp³-hybridized carbons (Fsp3) is 0.594. The molecule has 2 aromatic rings. The van der Waals surface area contributed by atoms with E-state index >= 15 is 0 Å². The molecule has 0 amide bonds. The Labute approximate surface area is 218 Å². The standard InChI is InChI=1S/C32H46O4/c1-3-5-8-11-26-12-14-27(15-13-26)28-16-22-31(23-17-28)36-32(33)29-18-20-30(21-19-29)35-25-10-7-6-9-24-34-4-2/h16-23,26-27H,3-15,24-25H2,1-2H3. The highest BCUT2D eigenvalue weighted by atomic mass is 16.5. The Hall–Kier alpha value is -2.33. The van der Waals surface area contributed by atoms with Crippen LogP contribution in [0.25, 0.3) is 0 Å². The van der Waals surface area contributed by atoms with E-state index in [0.717, 1.165) is 50.6 Å². The van der Waals surface area contributed by atoms with Crippen molar-refractivity contribution in [1.29, 1.82) is 0 Å². The third-order valence-corrected chi connectivity index (χ3v) is 7.37. The Morgan fingerprint density at radius 2 is 1.42 bits per heavy atom. The number of hydrogen-bond acceptors (Lipinski definition) is 4. The van der Waals surface area contributed by atoms with Crippen LogP contribution in [0.5, 0.6) is 11.5 Å². The monoisotopic (exact) mass is 494 g/mol. The van der Waals surface area contributed by atoms with Gasteiger partial charge in [-0.25, -0.2) is 4.79 Å². The molecular weight excluding hydrogens is 448 g/mol. The third kappa shape index (κ3) is 9.97. The minimum atomic E-state index is -0.337. The van der Waals surface area contributed by atoms with Gasteiger partial charge in [-0.1, -0.05) is 51.2 Å². The number of hydrogen-bond donors (Lipinski definition) is 0. The Morgan fingerprint density at radius 1 is 0.750 bits per heavy atom. The van der Waals surface area contributed by atoms with E-state index in [1.54, 1.807) is 12.1 Å². The highest BCUT2D eigenvalue weighted by Crippen LogP contribution is 2.38. The minimum Gasteiger partial charge on any atom is -0.494 e. The molecule has 0 aliphatic heterocycles. The molecule has 1 fully saturated rings. The van der Waals surface area contributed by atoms with Crippen LogP contribution in [0.4, 0.5) is 0 Å². The van der Waals surface area contributed by atoms with Gasteiger partial charge in [0.1, 0.15) is 11.5 Å². The molecule has 1 saturated carbocycles. The van der Waals surface area contributed by atoms with E-state index in [4.69, 9.17) is 14.2 Å². The molecule has 2 aromatic carbocycles. The zero-order valence-corrected chi connectivity index (χ0v) is 22.5. The molecule has 0 bridgehead atoms. The SMILES string of the molecule is CCCCCC1CCC(c2ccc(OC(=O)c3ccc(OCCCCCCOCC)cc3)cc2)CC1. The van der Waals surface area contributed by atoms with Crippen molar-refractivity contribution in [2.75, 3.05) is 19.8 Å². The number of carbonyl (C=O) groups excluding carboxylic acids is 1. The third-order valence-electron chi connectivity index (χ3n) is 7.37. The first-order valence-corrected chi connectivity index (χ1v) is 14.3. The predicted octanol–water partition coefficient (Wildman–Crippen LogP) is 8.74. The second kappa shape index (κ2) is 16.4. The van der Waals surface area contributed by atoms with E-state index in [2.05, 4.69) is 19.1 Å². The summed E-state index contributed by atoms with van der Waals surface area (Å²) in [5.74, 6) is 2.60. The Bertz CT molecular complexity index is 851. The summed E-state index contributed by atoms with van der Waals surface area (Å²) in [7, 11) is 0. The zero-order chi connectivity index (χ0) is 25.4. The maximum Gasteiger partial charge on any atom is 0.343 e. The summed E-state index contributed by atoms with van der Waals surface area (Å²) in [6, 6.07) is 15.4. The normalized spacial score (nSPS) is 17.6. The number of unbranched alkanes of at least 4 members (excludes halogenated alkanes) is 5. The molecule has 1 aliphatic rings. The van der Waals surface area contributed by atoms with Crippen LogP contribution in [0.2, 0.25) is 0 Å². The maximum absolute atomic E-state index is 12.6. The molecule has 3 rings (SSSR count). The van der Waals surface area contributed by atoms with Gasteiger partial charge in [0.15, 0.2) is 0 Å². The Morgan fingerprint density at radius 3 is 2.08 bits per heavy atom. The molecule has 0 saturated heterocycles. The van der Waals surface area contributed by atoms with Crippen LogP contribution < -0.4 is 9.47 Å². The summed E-state index contributed by atoms with van der Waals surface area (Å²) in [4.78, 5) is 12.6. The van der Waals surface area contributed by atoms with Gasteiger partial charge >= 0.3 is 5.97 Å². The average molecular weight is 495 g/mol. The fourth-order valence-electron chi connectivity index (χ4n) is 5.12. The number of esters is 1. The van der Waals surface area contributed by atoms with E-state index in [9.17, 15) is 4.79 Å². The van der Waals surface area contributed by atoms with E-state index in [1.807, 2.05) is 31.2 Å². The summed E-state index contributed by atoms with van der Waals surface area (Å²) in [5, 5.41) is 0. The van der Waals surface area contributed by atoms with Gasteiger partial charge in [-0.05, 0) is 106 Å². The van der Waals surface area contributed by atoms with Crippen molar-refractivity contribution in [3.63, 3.8) is 0 Å². The van der Waals surface area contributed by atoms with Crippen LogP contribution >= 0.6 is 0 Å². The summed E-state index contributed by atoms with van der Waals surface area (Å²) >= 11 is 0. The summed E-state index contributed by atoms with van der Waals surface area (Å²) in [5.41, 5.74) is 1.90. The van der Waals surface area contributed by atoms with Crippen LogP contribution in [0.3, 0.4) is 0 Å². The second-order valence-corrected chi connectivity index (χ2v) is 10.2. The van der Waals surface area contributed by atoms with Gasteiger partial charge < -0.3 is 14.2 Å². The largest absolute Gasteiger partial charge is 0.494 e. The molecule has 0 spiro atoms. The number of rotatable bonds is 16. The fourth-order valence-corrected chi connectivity index (χ4v) is 5.12. The van der Waals surface area contributed by atoms with Crippen molar-refractivity contribution in [3.8, 4) is 11.5 Å². The zero-order valence-electron chi connectivity index (χ0n) is 22.5. The quantitative estimate of drug-likeness (QED) is 0.133. The molecule has 0 radical (unpaired) electrons. The summed E-state index contributed by atoms with van der Waals surface area (Å²) in [6.07, 6.45) is 15.1. The van der Waals surface area contributed by atoms with Crippen LogP contribution in [-0.2, 0) is 4.74 Å². The average Bonchev–Trinajstić information content (AvgIpc) is 2.91. The number of ether oxygens (including phenoxy) is 3. The van der Waals surface area contributed by atoms with E-state index < -0.39 is 0 Å².